The minimum atomic E-state index is -1.82. The van der Waals surface area contributed by atoms with Crippen LogP contribution in [0.1, 0.15) is 0 Å². The van der Waals surface area contributed by atoms with Gasteiger partial charge in [-0.25, -0.2) is 9.59 Å². The lowest BCUT2D eigenvalue weighted by atomic mass is 10.7. The molecule has 0 amide bonds. The Balaban J connectivity index is -0.000000105. The van der Waals surface area contributed by atoms with E-state index in [1.54, 1.807) is 0 Å². The topological polar surface area (TPSA) is 179 Å². The zero-order valence-electron chi connectivity index (χ0n) is 5.02. The summed E-state index contributed by atoms with van der Waals surface area (Å²) in [6.45, 7) is 0. The van der Waals surface area contributed by atoms with Crippen LogP contribution in [0.4, 0.5) is 0 Å². The van der Waals surface area contributed by atoms with Gasteiger partial charge >= 0.3 is 11.9 Å². The maximum atomic E-state index is 9.10. The number of hydrogen-bond acceptors (Lipinski definition) is 6. The van der Waals surface area contributed by atoms with Crippen molar-refractivity contribution in [1.82, 2.24) is 0 Å². The molecular weight excluding hydrogens is 144 g/mol. The Morgan fingerprint density at radius 2 is 0.900 bits per heavy atom. The van der Waals surface area contributed by atoms with Crippen LogP contribution in [0.15, 0.2) is 0 Å². The molecule has 0 saturated carbocycles. The largest absolute Gasteiger partial charge is 0.473 e. The summed E-state index contributed by atoms with van der Waals surface area (Å²) in [4.78, 5) is 18.2. The summed E-state index contributed by atoms with van der Waals surface area (Å²) in [5.41, 5.74) is 0. The summed E-state index contributed by atoms with van der Waals surface area (Å²) in [6.07, 6.45) is 0. The van der Waals surface area contributed by atoms with E-state index >= 15 is 0 Å². The molecule has 0 aliphatic rings. The SMILES string of the molecule is NN.NN.O=C(O)C(=O)O. The van der Waals surface area contributed by atoms with Gasteiger partial charge in [0, 0.05) is 0 Å². The van der Waals surface area contributed by atoms with Crippen molar-refractivity contribution in [3.05, 3.63) is 0 Å². The highest BCUT2D eigenvalue weighted by Gasteiger charge is 2.04. The number of hydrogen-bond donors (Lipinski definition) is 6. The zero-order chi connectivity index (χ0) is 9.15. The molecule has 0 aromatic rings. The van der Waals surface area contributed by atoms with Crippen molar-refractivity contribution in [2.45, 2.75) is 0 Å². The molecule has 62 valence electrons. The molecule has 0 aliphatic carbocycles. The first-order valence-corrected chi connectivity index (χ1v) is 1.77. The highest BCUT2D eigenvalue weighted by molar-refractivity contribution is 6.27. The maximum Gasteiger partial charge on any atom is 0.414 e. The van der Waals surface area contributed by atoms with Crippen LogP contribution in [-0.4, -0.2) is 22.2 Å². The number of aliphatic carboxylic acids is 2. The summed E-state index contributed by atoms with van der Waals surface area (Å²) in [5.74, 6) is 12.4. The number of rotatable bonds is 0. The van der Waals surface area contributed by atoms with E-state index < -0.39 is 11.9 Å². The second-order valence-corrected chi connectivity index (χ2v) is 0.610. The van der Waals surface area contributed by atoms with Crippen molar-refractivity contribution in [2.24, 2.45) is 23.4 Å². The minimum absolute atomic E-state index is 1.82. The molecule has 0 aromatic carbocycles. The average molecular weight is 154 g/mol. The Morgan fingerprint density at radius 1 is 0.800 bits per heavy atom. The van der Waals surface area contributed by atoms with Crippen molar-refractivity contribution >= 4 is 11.9 Å². The predicted octanol–water partition coefficient (Wildman–Crippen LogP) is -3.21. The van der Waals surface area contributed by atoms with E-state index in [1.165, 1.54) is 0 Å². The lowest BCUT2D eigenvalue weighted by molar-refractivity contribution is -0.159. The second kappa shape index (κ2) is 15.7. The molecule has 0 unspecified atom stereocenters. The molecule has 0 saturated heterocycles. The van der Waals surface area contributed by atoms with Crippen LogP contribution >= 0.6 is 0 Å². The summed E-state index contributed by atoms with van der Waals surface area (Å²) >= 11 is 0. The van der Waals surface area contributed by atoms with Crippen molar-refractivity contribution < 1.29 is 19.8 Å². The maximum absolute atomic E-state index is 9.10. The molecule has 0 heterocycles. The van der Waals surface area contributed by atoms with Gasteiger partial charge in [0.15, 0.2) is 0 Å². The third-order valence-electron chi connectivity index (χ3n) is 0.183. The Hall–Kier alpha value is -1.22. The van der Waals surface area contributed by atoms with E-state index in [1.807, 2.05) is 0 Å². The van der Waals surface area contributed by atoms with Crippen LogP contribution in [0.25, 0.3) is 0 Å². The van der Waals surface area contributed by atoms with Gasteiger partial charge in [0.05, 0.1) is 0 Å². The minimum Gasteiger partial charge on any atom is -0.473 e. The molecule has 8 nitrogen and oxygen atoms in total. The standard InChI is InChI=1S/C2H2O4.2H4N2/c3-1(4)2(5)6;2*1-2/h(H,3,4)(H,5,6);2*1-2H2. The third-order valence-corrected chi connectivity index (χ3v) is 0.183. The van der Waals surface area contributed by atoms with Gasteiger partial charge in [-0.1, -0.05) is 0 Å². The van der Waals surface area contributed by atoms with Gasteiger partial charge < -0.3 is 10.2 Å². The molecule has 0 aliphatic heterocycles. The van der Waals surface area contributed by atoms with Crippen LogP contribution in [-0.2, 0) is 9.59 Å². The Morgan fingerprint density at radius 3 is 0.900 bits per heavy atom. The molecule has 0 aromatic heterocycles. The first-order chi connectivity index (χ1) is 4.64. The molecule has 0 rings (SSSR count). The van der Waals surface area contributed by atoms with Gasteiger partial charge in [0.2, 0.25) is 0 Å². The summed E-state index contributed by atoms with van der Waals surface area (Å²) in [6, 6.07) is 0. The Bertz CT molecular complexity index is 81.3. The van der Waals surface area contributed by atoms with E-state index in [2.05, 4.69) is 23.4 Å². The fraction of sp³-hybridized carbons (Fsp3) is 0. The molecule has 10 heavy (non-hydrogen) atoms. The molecule has 0 bridgehead atoms. The van der Waals surface area contributed by atoms with E-state index in [9.17, 15) is 0 Å². The molecule has 0 atom stereocenters. The third kappa shape index (κ3) is 29.3. The van der Waals surface area contributed by atoms with Gasteiger partial charge in [-0.15, -0.1) is 0 Å². The number of carboxylic acid groups (broad SMARTS) is 2. The highest BCUT2D eigenvalue weighted by Crippen LogP contribution is 1.56. The van der Waals surface area contributed by atoms with Crippen molar-refractivity contribution in [3.8, 4) is 0 Å². The van der Waals surface area contributed by atoms with Crippen molar-refractivity contribution in [3.63, 3.8) is 0 Å². The van der Waals surface area contributed by atoms with Gasteiger partial charge in [0.1, 0.15) is 0 Å². The van der Waals surface area contributed by atoms with Crippen LogP contribution < -0.4 is 23.4 Å². The first kappa shape index (κ1) is 15.9. The lowest BCUT2D eigenvalue weighted by Gasteiger charge is -1.72. The quantitative estimate of drug-likeness (QED) is 0.120. The predicted molar refractivity (Wildman–Crippen MR) is 32.0 cm³/mol. The summed E-state index contributed by atoms with van der Waals surface area (Å²) in [5, 5.41) is 14.8. The number of nitrogens with two attached hydrogens (primary N) is 4. The number of carboxylic acids is 2. The molecule has 0 radical (unpaired) electrons. The van der Waals surface area contributed by atoms with Crippen molar-refractivity contribution in [2.75, 3.05) is 0 Å². The number of carbonyl (C=O) groups is 2. The van der Waals surface area contributed by atoms with Gasteiger partial charge in [-0.3, -0.25) is 23.4 Å². The Kier molecular flexibility index (Phi) is 24.9. The number of hydrazine groups is 2. The van der Waals surface area contributed by atoms with Gasteiger partial charge in [-0.05, 0) is 0 Å². The van der Waals surface area contributed by atoms with Crippen LogP contribution in [0.3, 0.4) is 0 Å². The molecule has 0 fully saturated rings. The fourth-order valence-corrected chi connectivity index (χ4v) is 0. The lowest BCUT2D eigenvalue weighted by Crippen LogP contribution is -2.09. The van der Waals surface area contributed by atoms with E-state index in [4.69, 9.17) is 19.8 Å². The Labute approximate surface area is 56.3 Å². The normalized spacial score (nSPS) is 5.60. The van der Waals surface area contributed by atoms with Crippen LogP contribution in [0.5, 0.6) is 0 Å². The van der Waals surface area contributed by atoms with E-state index in [0.29, 0.717) is 0 Å². The van der Waals surface area contributed by atoms with Gasteiger partial charge in [0.25, 0.3) is 0 Å². The van der Waals surface area contributed by atoms with Gasteiger partial charge in [-0.2, -0.15) is 0 Å². The average Bonchev–Trinajstić information content (AvgIpc) is 1.96. The molecule has 0 spiro atoms. The molecular formula is C2H10N4O4. The van der Waals surface area contributed by atoms with E-state index in [0.717, 1.165) is 0 Å². The van der Waals surface area contributed by atoms with Crippen LogP contribution in [0, 0.1) is 0 Å². The molecule has 8 heteroatoms. The van der Waals surface area contributed by atoms with E-state index in [-0.39, 0.29) is 0 Å². The summed E-state index contributed by atoms with van der Waals surface area (Å²) < 4.78 is 0. The highest BCUT2D eigenvalue weighted by atomic mass is 16.4. The molecule has 10 N–H and O–H groups in total. The summed E-state index contributed by atoms with van der Waals surface area (Å²) in [7, 11) is 0. The smallest absolute Gasteiger partial charge is 0.414 e. The van der Waals surface area contributed by atoms with Crippen LogP contribution in [0.2, 0.25) is 0 Å². The van der Waals surface area contributed by atoms with Crippen molar-refractivity contribution in [1.29, 1.82) is 0 Å². The fourth-order valence-electron chi connectivity index (χ4n) is 0. The second-order valence-electron chi connectivity index (χ2n) is 0.610. The zero-order valence-corrected chi connectivity index (χ0v) is 5.02. The monoisotopic (exact) mass is 154 g/mol. The first-order valence-electron chi connectivity index (χ1n) is 1.77.